The van der Waals surface area contributed by atoms with Crippen LogP contribution in [-0.2, 0) is 0 Å². The SMILES string of the molecule is c1ccc(-c2nc(-c3cccc(-c4ccc5ccccc5c4)c3)nc(-n3c4cccc5oc6ccccc6c6cccc3c6c54)n2)cc1. The molecule has 0 radical (unpaired) electrons. The van der Waals surface area contributed by atoms with Crippen LogP contribution in [0, 0.1) is 0 Å². The molecule has 0 saturated heterocycles. The molecule has 0 N–H and O–H groups in total. The van der Waals surface area contributed by atoms with Gasteiger partial charge in [0, 0.05) is 21.9 Å². The molecule has 0 aliphatic carbocycles. The molecule has 5 nitrogen and oxygen atoms in total. The van der Waals surface area contributed by atoms with Crippen LogP contribution < -0.4 is 0 Å². The lowest BCUT2D eigenvalue weighted by molar-refractivity contribution is 0.664. The van der Waals surface area contributed by atoms with Gasteiger partial charge in [0.15, 0.2) is 11.6 Å². The van der Waals surface area contributed by atoms with E-state index in [-0.39, 0.29) is 0 Å². The maximum atomic E-state index is 6.57. The maximum absolute atomic E-state index is 6.57. The summed E-state index contributed by atoms with van der Waals surface area (Å²) in [6.45, 7) is 0. The Hall–Kier alpha value is -6.59. The average Bonchev–Trinajstić information content (AvgIpc) is 3.42. The standard InChI is InChI=1S/C43H26N4O/c1-2-12-28(13-3-1)41-44-42(32-16-8-15-30(26-32)31-24-23-27-11-4-5-14-29(27)25-31)46-43(45-41)47-35-19-9-18-34-33-17-6-7-21-37(33)48-38-22-10-20-36(47)40(38)39(34)35/h1-26H. The summed E-state index contributed by atoms with van der Waals surface area (Å²) in [5.74, 6) is 1.78. The van der Waals surface area contributed by atoms with Crippen LogP contribution >= 0.6 is 0 Å². The predicted octanol–water partition coefficient (Wildman–Crippen LogP) is 11.0. The number of hydrogen-bond donors (Lipinski definition) is 0. The number of rotatable bonds is 4. The molecule has 0 aliphatic rings. The van der Waals surface area contributed by atoms with Gasteiger partial charge in [-0.1, -0.05) is 121 Å². The number of hydrogen-bond acceptors (Lipinski definition) is 4. The highest BCUT2D eigenvalue weighted by atomic mass is 16.3. The van der Waals surface area contributed by atoms with Crippen molar-refractivity contribution in [1.29, 1.82) is 0 Å². The second-order valence-corrected chi connectivity index (χ2v) is 12.1. The molecule has 0 saturated carbocycles. The van der Waals surface area contributed by atoms with Crippen molar-refractivity contribution in [3.63, 3.8) is 0 Å². The van der Waals surface area contributed by atoms with E-state index in [0.29, 0.717) is 17.6 Å². The Morgan fingerprint density at radius 1 is 0.396 bits per heavy atom. The van der Waals surface area contributed by atoms with Crippen molar-refractivity contribution >= 4 is 54.5 Å². The molecule has 0 unspecified atom stereocenters. The molecule has 0 amide bonds. The van der Waals surface area contributed by atoms with Crippen LogP contribution in [0.4, 0.5) is 0 Å². The molecule has 224 valence electrons. The van der Waals surface area contributed by atoms with Gasteiger partial charge in [0.1, 0.15) is 11.2 Å². The molecule has 0 atom stereocenters. The minimum atomic E-state index is 0.554. The van der Waals surface area contributed by atoms with Crippen LogP contribution in [0.2, 0.25) is 0 Å². The summed E-state index contributed by atoms with van der Waals surface area (Å²) in [6, 6.07) is 54.4. The largest absolute Gasteiger partial charge is 0.456 e. The van der Waals surface area contributed by atoms with E-state index in [1.807, 2.05) is 54.6 Å². The van der Waals surface area contributed by atoms with E-state index in [2.05, 4.69) is 108 Å². The summed E-state index contributed by atoms with van der Waals surface area (Å²) in [7, 11) is 0. The Morgan fingerprint density at radius 3 is 1.92 bits per heavy atom. The molecule has 0 fully saturated rings. The van der Waals surface area contributed by atoms with Gasteiger partial charge in [-0.3, -0.25) is 4.57 Å². The highest BCUT2D eigenvalue weighted by Crippen LogP contribution is 2.40. The Balaban J connectivity index is 1.24. The summed E-state index contributed by atoms with van der Waals surface area (Å²) >= 11 is 0. The zero-order valence-corrected chi connectivity index (χ0v) is 25.7. The molecule has 0 aliphatic heterocycles. The number of benzene rings is 7. The van der Waals surface area contributed by atoms with Crippen LogP contribution in [-0.4, -0.2) is 19.5 Å². The first-order chi connectivity index (χ1) is 23.8. The molecule has 10 aromatic rings. The smallest absolute Gasteiger partial charge is 0.238 e. The molecule has 0 spiro atoms. The third-order valence-electron chi connectivity index (χ3n) is 9.23. The quantitative estimate of drug-likeness (QED) is 0.198. The van der Waals surface area contributed by atoms with E-state index in [1.54, 1.807) is 0 Å². The van der Waals surface area contributed by atoms with Crippen molar-refractivity contribution in [3.8, 4) is 39.9 Å². The first-order valence-corrected chi connectivity index (χ1v) is 16.0. The van der Waals surface area contributed by atoms with Crippen molar-refractivity contribution < 1.29 is 4.42 Å². The lowest BCUT2D eigenvalue weighted by Crippen LogP contribution is -2.06. The molecular formula is C43H26N4O. The van der Waals surface area contributed by atoms with Gasteiger partial charge in [-0.25, -0.2) is 4.98 Å². The van der Waals surface area contributed by atoms with Crippen molar-refractivity contribution in [2.24, 2.45) is 0 Å². The van der Waals surface area contributed by atoms with Crippen molar-refractivity contribution in [2.45, 2.75) is 0 Å². The van der Waals surface area contributed by atoms with Gasteiger partial charge in [-0.2, -0.15) is 9.97 Å². The van der Waals surface area contributed by atoms with E-state index >= 15 is 0 Å². The van der Waals surface area contributed by atoms with Crippen LogP contribution in [0.25, 0.3) is 94.4 Å². The fourth-order valence-corrected chi connectivity index (χ4v) is 7.01. The van der Waals surface area contributed by atoms with Crippen molar-refractivity contribution in [2.75, 3.05) is 0 Å². The fraction of sp³-hybridized carbons (Fsp3) is 0. The highest BCUT2D eigenvalue weighted by molar-refractivity contribution is 6.26. The van der Waals surface area contributed by atoms with Gasteiger partial charge in [0.05, 0.1) is 16.4 Å². The lowest BCUT2D eigenvalue weighted by atomic mass is 9.99. The van der Waals surface area contributed by atoms with E-state index in [0.717, 1.165) is 66.0 Å². The van der Waals surface area contributed by atoms with E-state index in [1.165, 1.54) is 10.8 Å². The Kier molecular flexibility index (Phi) is 5.81. The molecule has 7 aromatic carbocycles. The Morgan fingerprint density at radius 2 is 1.02 bits per heavy atom. The van der Waals surface area contributed by atoms with Crippen molar-refractivity contribution in [3.05, 3.63) is 158 Å². The molecule has 3 aromatic heterocycles. The van der Waals surface area contributed by atoms with Gasteiger partial charge < -0.3 is 4.42 Å². The summed E-state index contributed by atoms with van der Waals surface area (Å²) in [5.41, 5.74) is 7.74. The van der Waals surface area contributed by atoms with Gasteiger partial charge >= 0.3 is 0 Å². The minimum Gasteiger partial charge on any atom is -0.456 e. The number of fused-ring (bicyclic) bond motifs is 3. The van der Waals surface area contributed by atoms with E-state index in [4.69, 9.17) is 19.4 Å². The minimum absolute atomic E-state index is 0.554. The maximum Gasteiger partial charge on any atom is 0.238 e. The van der Waals surface area contributed by atoms with Crippen LogP contribution in [0.15, 0.2) is 162 Å². The van der Waals surface area contributed by atoms with E-state index < -0.39 is 0 Å². The predicted molar refractivity (Wildman–Crippen MR) is 195 cm³/mol. The number of nitrogens with zero attached hydrogens (tertiary/aromatic N) is 4. The molecular weight excluding hydrogens is 589 g/mol. The summed E-state index contributed by atoms with van der Waals surface area (Å²) in [4.78, 5) is 15.4. The topological polar surface area (TPSA) is 56.7 Å². The summed E-state index contributed by atoms with van der Waals surface area (Å²) in [6.07, 6.45) is 0. The third kappa shape index (κ3) is 4.15. The molecule has 0 bridgehead atoms. The van der Waals surface area contributed by atoms with Crippen LogP contribution in [0.1, 0.15) is 0 Å². The van der Waals surface area contributed by atoms with Crippen LogP contribution in [0.3, 0.4) is 0 Å². The van der Waals surface area contributed by atoms with Gasteiger partial charge in [-0.05, 0) is 63.7 Å². The number of para-hydroxylation sites is 1. The second-order valence-electron chi connectivity index (χ2n) is 12.1. The first-order valence-electron chi connectivity index (χ1n) is 16.0. The van der Waals surface area contributed by atoms with Crippen molar-refractivity contribution in [1.82, 2.24) is 19.5 Å². The van der Waals surface area contributed by atoms with Gasteiger partial charge in [0.25, 0.3) is 0 Å². The van der Waals surface area contributed by atoms with Crippen LogP contribution in [0.5, 0.6) is 0 Å². The first kappa shape index (κ1) is 26.6. The highest BCUT2D eigenvalue weighted by Gasteiger charge is 2.21. The number of aromatic nitrogens is 4. The summed E-state index contributed by atoms with van der Waals surface area (Å²) in [5, 5.41) is 6.77. The molecule has 48 heavy (non-hydrogen) atoms. The average molecular weight is 615 g/mol. The second kappa shape index (κ2) is 10.5. The molecule has 5 heteroatoms. The Bertz CT molecular complexity index is 2850. The van der Waals surface area contributed by atoms with Gasteiger partial charge in [0.2, 0.25) is 5.95 Å². The Labute approximate surface area is 275 Å². The fourth-order valence-electron chi connectivity index (χ4n) is 7.01. The molecule has 3 heterocycles. The zero-order valence-electron chi connectivity index (χ0n) is 25.7. The molecule has 10 rings (SSSR count). The summed E-state index contributed by atoms with van der Waals surface area (Å²) < 4.78 is 8.72. The van der Waals surface area contributed by atoms with Gasteiger partial charge in [-0.15, -0.1) is 0 Å². The lowest BCUT2D eigenvalue weighted by Gasteiger charge is -2.12. The van der Waals surface area contributed by atoms with E-state index in [9.17, 15) is 0 Å². The zero-order chi connectivity index (χ0) is 31.6. The monoisotopic (exact) mass is 614 g/mol. The normalized spacial score (nSPS) is 11.8. The third-order valence-corrected chi connectivity index (χ3v) is 9.23.